The van der Waals surface area contributed by atoms with Crippen molar-refractivity contribution in [1.29, 1.82) is 0 Å². The van der Waals surface area contributed by atoms with Crippen molar-refractivity contribution >= 4 is 44.7 Å². The number of ketones is 1. The van der Waals surface area contributed by atoms with Crippen LogP contribution < -0.4 is 0 Å². The van der Waals surface area contributed by atoms with E-state index < -0.39 is 10.9 Å². The highest BCUT2D eigenvalue weighted by Gasteiger charge is 2.22. The molecule has 0 amide bonds. The lowest BCUT2D eigenvalue weighted by atomic mass is 9.96. The van der Waals surface area contributed by atoms with E-state index in [0.29, 0.717) is 33.0 Å². The second-order valence-electron chi connectivity index (χ2n) is 8.63. The number of nitro benzene ring substituents is 1. The number of esters is 1. The maximum absolute atomic E-state index is 13.2. The van der Waals surface area contributed by atoms with Crippen LogP contribution in [0.3, 0.4) is 0 Å². The molecule has 0 atom stereocenters. The van der Waals surface area contributed by atoms with Gasteiger partial charge in [0, 0.05) is 33.7 Å². The lowest BCUT2D eigenvalue weighted by Crippen LogP contribution is -2.05. The van der Waals surface area contributed by atoms with Gasteiger partial charge in [0.25, 0.3) is 5.69 Å². The minimum Gasteiger partial charge on any atom is -0.465 e. The highest BCUT2D eigenvalue weighted by molar-refractivity contribution is 9.09. The molecular formula is C31H21BrF2N2O5S. The van der Waals surface area contributed by atoms with Crippen molar-refractivity contribution in [2.45, 2.75) is 0 Å². The number of carbonyl (C=O) groups excluding carboxylic acids is 2. The van der Waals surface area contributed by atoms with Crippen LogP contribution in [-0.4, -0.2) is 34.1 Å². The molecular weight excluding hydrogens is 630 g/mol. The molecule has 0 unspecified atom stereocenters. The zero-order valence-electron chi connectivity index (χ0n) is 21.9. The highest BCUT2D eigenvalue weighted by atomic mass is 79.9. The normalized spacial score (nSPS) is 10.4. The van der Waals surface area contributed by atoms with Gasteiger partial charge in [-0.3, -0.25) is 14.9 Å². The van der Waals surface area contributed by atoms with Gasteiger partial charge in [0.15, 0.2) is 5.78 Å². The minimum atomic E-state index is -0.606. The predicted molar refractivity (Wildman–Crippen MR) is 161 cm³/mol. The summed E-state index contributed by atoms with van der Waals surface area (Å²) < 4.78 is 30.4. The Morgan fingerprint density at radius 2 is 1.52 bits per heavy atom. The van der Waals surface area contributed by atoms with Crippen molar-refractivity contribution in [3.63, 3.8) is 0 Å². The van der Waals surface area contributed by atoms with Crippen LogP contribution in [0.25, 0.3) is 33.0 Å². The van der Waals surface area contributed by atoms with Crippen LogP contribution in [0.4, 0.5) is 14.5 Å². The lowest BCUT2D eigenvalue weighted by molar-refractivity contribution is -0.384. The SMILES string of the molecule is COC(=O)c1cc(-c2nc(-c3ccc(F)cc3)cs2)ccc1-c1ccccc1[N+](=O)[O-].O=C(CBr)c1ccc(F)cc1. The van der Waals surface area contributed by atoms with E-state index in [-0.39, 0.29) is 34.0 Å². The monoisotopic (exact) mass is 650 g/mol. The van der Waals surface area contributed by atoms with Gasteiger partial charge in [0.1, 0.15) is 16.6 Å². The number of hydrogen-bond donors (Lipinski definition) is 0. The maximum Gasteiger partial charge on any atom is 0.338 e. The number of rotatable bonds is 7. The molecule has 42 heavy (non-hydrogen) atoms. The number of halogens is 3. The van der Waals surface area contributed by atoms with Gasteiger partial charge in [0.2, 0.25) is 0 Å². The van der Waals surface area contributed by atoms with Gasteiger partial charge in [-0.15, -0.1) is 11.3 Å². The second-order valence-corrected chi connectivity index (χ2v) is 10.1. The third-order valence-electron chi connectivity index (χ3n) is 5.99. The molecule has 0 N–H and O–H groups in total. The Morgan fingerprint density at radius 3 is 2.14 bits per heavy atom. The molecule has 0 radical (unpaired) electrons. The lowest BCUT2D eigenvalue weighted by Gasteiger charge is -2.10. The molecule has 1 aromatic heterocycles. The Morgan fingerprint density at radius 1 is 0.905 bits per heavy atom. The van der Waals surface area contributed by atoms with Gasteiger partial charge in [-0.2, -0.15) is 0 Å². The van der Waals surface area contributed by atoms with E-state index in [4.69, 9.17) is 4.74 Å². The highest BCUT2D eigenvalue weighted by Crippen LogP contribution is 2.36. The summed E-state index contributed by atoms with van der Waals surface area (Å²) in [6.45, 7) is 0. The van der Waals surface area contributed by atoms with E-state index in [1.54, 1.807) is 48.5 Å². The summed E-state index contributed by atoms with van der Waals surface area (Å²) in [5.74, 6) is -1.29. The number of Topliss-reactive ketones (excluding diaryl/α,β-unsaturated/α-hetero) is 1. The first kappa shape index (κ1) is 30.4. The minimum absolute atomic E-state index is 0.0370. The van der Waals surface area contributed by atoms with Crippen LogP contribution in [-0.2, 0) is 4.74 Å². The number of nitrogens with zero attached hydrogens (tertiary/aromatic N) is 2. The smallest absolute Gasteiger partial charge is 0.338 e. The molecule has 0 saturated carbocycles. The molecule has 1 heterocycles. The Bertz CT molecular complexity index is 1740. The molecule has 11 heteroatoms. The van der Waals surface area contributed by atoms with Crippen molar-refractivity contribution in [1.82, 2.24) is 4.98 Å². The summed E-state index contributed by atoms with van der Waals surface area (Å²) >= 11 is 4.40. The molecule has 0 aliphatic heterocycles. The molecule has 0 aliphatic rings. The zero-order valence-corrected chi connectivity index (χ0v) is 24.3. The van der Waals surface area contributed by atoms with Gasteiger partial charge in [-0.1, -0.05) is 40.2 Å². The number of para-hydroxylation sites is 1. The van der Waals surface area contributed by atoms with Crippen LogP contribution in [0.1, 0.15) is 20.7 Å². The average molecular weight is 651 g/mol. The fourth-order valence-electron chi connectivity index (χ4n) is 3.92. The molecule has 0 bridgehead atoms. The summed E-state index contributed by atoms with van der Waals surface area (Å²) in [6, 6.07) is 22.8. The topological polar surface area (TPSA) is 99.4 Å². The zero-order chi connectivity index (χ0) is 30.2. The largest absolute Gasteiger partial charge is 0.465 e. The van der Waals surface area contributed by atoms with E-state index in [1.807, 2.05) is 5.38 Å². The maximum atomic E-state index is 13.2. The molecule has 5 aromatic rings. The summed E-state index contributed by atoms with van der Waals surface area (Å²) in [7, 11) is 1.26. The molecule has 7 nitrogen and oxygen atoms in total. The summed E-state index contributed by atoms with van der Waals surface area (Å²) in [4.78, 5) is 39.0. The van der Waals surface area contributed by atoms with E-state index in [1.165, 1.54) is 60.9 Å². The number of thiazole rings is 1. The number of ether oxygens (including phenoxy) is 1. The van der Waals surface area contributed by atoms with Crippen molar-refractivity contribution in [2.75, 3.05) is 12.4 Å². The van der Waals surface area contributed by atoms with Gasteiger partial charge >= 0.3 is 5.97 Å². The molecule has 4 aromatic carbocycles. The quantitative estimate of drug-likeness (QED) is 0.0577. The molecule has 5 rings (SSSR count). The number of carbonyl (C=O) groups is 2. The predicted octanol–water partition coefficient (Wildman–Crippen LogP) is 8.38. The molecule has 0 spiro atoms. The summed E-state index contributed by atoms with van der Waals surface area (Å²) in [5, 5.41) is 14.2. The summed E-state index contributed by atoms with van der Waals surface area (Å²) in [5.41, 5.74) is 3.48. The standard InChI is InChI=1S/C23H15FN2O4S.C8H6BrFO/c1-30-23(27)19-12-15(8-11-17(19)18-4-2-3-5-21(18)26(28)29)22-25-20(13-31-22)14-6-9-16(24)10-7-14;9-5-8(11)6-1-3-7(10)4-2-6/h2-13H,1H3;1-4H,5H2. The first-order valence-electron chi connectivity index (χ1n) is 12.2. The molecule has 0 saturated heterocycles. The van der Waals surface area contributed by atoms with Crippen molar-refractivity contribution in [2.24, 2.45) is 0 Å². The van der Waals surface area contributed by atoms with Crippen molar-refractivity contribution in [3.05, 3.63) is 129 Å². The van der Waals surface area contributed by atoms with Crippen LogP contribution in [0.15, 0.2) is 96.4 Å². The third-order valence-corrected chi connectivity index (χ3v) is 7.40. The Labute approximate surface area is 251 Å². The third kappa shape index (κ3) is 7.17. The average Bonchev–Trinajstić information content (AvgIpc) is 3.51. The van der Waals surface area contributed by atoms with Crippen LogP contribution in [0.5, 0.6) is 0 Å². The van der Waals surface area contributed by atoms with Crippen LogP contribution in [0.2, 0.25) is 0 Å². The molecule has 0 fully saturated rings. The van der Waals surface area contributed by atoms with Gasteiger partial charge in [0.05, 0.1) is 34.2 Å². The van der Waals surface area contributed by atoms with E-state index in [2.05, 4.69) is 20.9 Å². The first-order chi connectivity index (χ1) is 20.2. The number of nitro groups is 1. The molecule has 0 aliphatic carbocycles. The second kappa shape index (κ2) is 13.8. The van der Waals surface area contributed by atoms with Gasteiger partial charge in [-0.25, -0.2) is 18.6 Å². The van der Waals surface area contributed by atoms with Crippen molar-refractivity contribution < 1.29 is 28.0 Å². The van der Waals surface area contributed by atoms with Gasteiger partial charge in [-0.05, 0) is 60.7 Å². The fraction of sp³-hybridized carbons (Fsp3) is 0.0645. The molecule has 212 valence electrons. The number of hydrogen-bond acceptors (Lipinski definition) is 7. The first-order valence-corrected chi connectivity index (χ1v) is 14.2. The Kier molecular flexibility index (Phi) is 10.00. The Hall–Kier alpha value is -4.61. The number of alkyl halides is 1. The van der Waals surface area contributed by atoms with E-state index >= 15 is 0 Å². The van der Waals surface area contributed by atoms with E-state index in [9.17, 15) is 28.5 Å². The van der Waals surface area contributed by atoms with E-state index in [0.717, 1.165) is 5.56 Å². The van der Waals surface area contributed by atoms with Gasteiger partial charge < -0.3 is 4.74 Å². The number of methoxy groups -OCH3 is 1. The fourth-order valence-corrected chi connectivity index (χ4v) is 5.07. The van der Waals surface area contributed by atoms with Crippen LogP contribution in [0, 0.1) is 21.7 Å². The van der Waals surface area contributed by atoms with Crippen LogP contribution >= 0.6 is 27.3 Å². The Balaban J connectivity index is 0.000000310. The van der Waals surface area contributed by atoms with Crippen molar-refractivity contribution in [3.8, 4) is 33.0 Å². The number of aromatic nitrogens is 1. The summed E-state index contributed by atoms with van der Waals surface area (Å²) in [6.07, 6.45) is 0. The number of benzene rings is 4.